The Kier molecular flexibility index (Phi) is 5.58. The molecule has 1 amide bonds. The molecule has 0 bridgehead atoms. The summed E-state index contributed by atoms with van der Waals surface area (Å²) in [5.74, 6) is -0.604. The van der Waals surface area contributed by atoms with Crippen molar-refractivity contribution in [3.63, 3.8) is 0 Å². The van der Waals surface area contributed by atoms with Crippen LogP contribution >= 0.6 is 15.9 Å². The molecule has 5 nitrogen and oxygen atoms in total. The number of halogens is 2. The molecule has 0 atom stereocenters. The molecular weight excluding hydrogens is 399 g/mol. The SMILES string of the molecule is CN(Cc1ccccn1)C(=O)/C=C/c1ccc(-n2cc(Br)cn2)c(F)c1. The third-order valence-corrected chi connectivity index (χ3v) is 4.10. The van der Waals surface area contributed by atoms with E-state index in [0.29, 0.717) is 17.8 Å². The van der Waals surface area contributed by atoms with Crippen LogP contribution < -0.4 is 0 Å². The van der Waals surface area contributed by atoms with Crippen molar-refractivity contribution < 1.29 is 9.18 Å². The van der Waals surface area contributed by atoms with Gasteiger partial charge in [-0.05, 0) is 51.8 Å². The summed E-state index contributed by atoms with van der Waals surface area (Å²) in [5, 5.41) is 4.06. The van der Waals surface area contributed by atoms with Crippen LogP contribution in [0.3, 0.4) is 0 Å². The molecule has 26 heavy (non-hydrogen) atoms. The maximum absolute atomic E-state index is 14.3. The van der Waals surface area contributed by atoms with Gasteiger partial charge in [0.2, 0.25) is 5.91 Å². The van der Waals surface area contributed by atoms with Gasteiger partial charge in [-0.2, -0.15) is 5.10 Å². The van der Waals surface area contributed by atoms with Crippen LogP contribution in [0.1, 0.15) is 11.3 Å². The highest BCUT2D eigenvalue weighted by molar-refractivity contribution is 9.10. The van der Waals surface area contributed by atoms with E-state index in [-0.39, 0.29) is 5.91 Å². The molecule has 2 heterocycles. The smallest absolute Gasteiger partial charge is 0.246 e. The fourth-order valence-electron chi connectivity index (χ4n) is 2.35. The van der Waals surface area contributed by atoms with Crippen LogP contribution in [-0.4, -0.2) is 32.6 Å². The van der Waals surface area contributed by atoms with E-state index in [9.17, 15) is 9.18 Å². The average molecular weight is 415 g/mol. The lowest BCUT2D eigenvalue weighted by atomic mass is 10.2. The maximum atomic E-state index is 14.3. The highest BCUT2D eigenvalue weighted by atomic mass is 79.9. The number of hydrogen-bond acceptors (Lipinski definition) is 3. The molecule has 0 saturated carbocycles. The van der Waals surface area contributed by atoms with E-state index in [0.717, 1.165) is 10.2 Å². The zero-order chi connectivity index (χ0) is 18.5. The standard InChI is InChI=1S/C19H16BrFN4O/c1-24(13-16-4-2-3-9-22-16)19(26)8-6-14-5-7-18(17(21)10-14)25-12-15(20)11-23-25/h2-12H,13H2,1H3/b8-6+. The highest BCUT2D eigenvalue weighted by Gasteiger charge is 2.08. The number of benzene rings is 1. The van der Waals surface area contributed by atoms with E-state index in [1.165, 1.54) is 16.8 Å². The Morgan fingerprint density at radius 3 is 2.85 bits per heavy atom. The zero-order valence-electron chi connectivity index (χ0n) is 14.0. The van der Waals surface area contributed by atoms with Crippen molar-refractivity contribution in [2.24, 2.45) is 0 Å². The molecule has 132 valence electrons. The summed E-state index contributed by atoms with van der Waals surface area (Å²) < 4.78 is 16.5. The molecular formula is C19H16BrFN4O. The summed E-state index contributed by atoms with van der Waals surface area (Å²) in [6.07, 6.45) is 7.95. The second kappa shape index (κ2) is 8.05. The summed E-state index contributed by atoms with van der Waals surface area (Å²) in [5.41, 5.74) is 1.74. The first-order valence-corrected chi connectivity index (χ1v) is 8.65. The number of rotatable bonds is 5. The molecule has 0 aliphatic rings. The number of likely N-dealkylation sites (N-methyl/N-ethyl adjacent to an activating group) is 1. The van der Waals surface area contributed by atoms with Crippen molar-refractivity contribution >= 4 is 27.9 Å². The minimum atomic E-state index is -0.419. The normalized spacial score (nSPS) is 11.0. The quantitative estimate of drug-likeness (QED) is 0.595. The largest absolute Gasteiger partial charge is 0.336 e. The lowest BCUT2D eigenvalue weighted by molar-refractivity contribution is -0.125. The third kappa shape index (κ3) is 4.43. The van der Waals surface area contributed by atoms with Crippen molar-refractivity contribution in [2.75, 3.05) is 7.05 Å². The monoisotopic (exact) mass is 414 g/mol. The second-order valence-corrected chi connectivity index (χ2v) is 6.58. The Bertz CT molecular complexity index is 940. The van der Waals surface area contributed by atoms with Crippen LogP contribution in [0.25, 0.3) is 11.8 Å². The summed E-state index contributed by atoms with van der Waals surface area (Å²) >= 11 is 3.28. The van der Waals surface area contributed by atoms with E-state index in [2.05, 4.69) is 26.0 Å². The minimum Gasteiger partial charge on any atom is -0.336 e. The van der Waals surface area contributed by atoms with Gasteiger partial charge in [0.15, 0.2) is 0 Å². The minimum absolute atomic E-state index is 0.184. The van der Waals surface area contributed by atoms with Gasteiger partial charge < -0.3 is 4.90 Å². The topological polar surface area (TPSA) is 51.0 Å². The highest BCUT2D eigenvalue weighted by Crippen LogP contribution is 2.18. The van der Waals surface area contributed by atoms with Gasteiger partial charge in [-0.3, -0.25) is 9.78 Å². The fraction of sp³-hybridized carbons (Fsp3) is 0.105. The van der Waals surface area contributed by atoms with Gasteiger partial charge in [0.25, 0.3) is 0 Å². The van der Waals surface area contributed by atoms with Crippen LogP contribution in [0.5, 0.6) is 0 Å². The molecule has 0 aliphatic carbocycles. The second-order valence-electron chi connectivity index (χ2n) is 5.66. The summed E-state index contributed by atoms with van der Waals surface area (Å²) in [6, 6.07) is 10.3. The Labute approximate surface area is 158 Å². The molecule has 3 aromatic rings. The molecule has 0 radical (unpaired) electrons. The Hall–Kier alpha value is -2.80. The van der Waals surface area contributed by atoms with E-state index in [1.54, 1.807) is 48.7 Å². The number of hydrogen-bond donors (Lipinski definition) is 0. The van der Waals surface area contributed by atoms with Gasteiger partial charge in [0.05, 0.1) is 22.9 Å². The van der Waals surface area contributed by atoms with Crippen LogP contribution in [0.15, 0.2) is 65.5 Å². The Morgan fingerprint density at radius 2 is 2.19 bits per heavy atom. The van der Waals surface area contributed by atoms with Crippen molar-refractivity contribution in [1.29, 1.82) is 0 Å². The average Bonchev–Trinajstić information content (AvgIpc) is 3.06. The van der Waals surface area contributed by atoms with Crippen LogP contribution in [-0.2, 0) is 11.3 Å². The molecule has 0 aliphatic heterocycles. The van der Waals surface area contributed by atoms with Crippen molar-refractivity contribution in [3.8, 4) is 5.69 Å². The molecule has 1 aromatic carbocycles. The first kappa shape index (κ1) is 18.0. The third-order valence-electron chi connectivity index (χ3n) is 3.69. The number of amides is 1. The van der Waals surface area contributed by atoms with Crippen molar-refractivity contribution in [1.82, 2.24) is 19.7 Å². The number of nitrogens with zero attached hydrogens (tertiary/aromatic N) is 4. The van der Waals surface area contributed by atoms with Gasteiger partial charge >= 0.3 is 0 Å². The van der Waals surface area contributed by atoms with Gasteiger partial charge in [0.1, 0.15) is 11.5 Å². The predicted molar refractivity (Wildman–Crippen MR) is 101 cm³/mol. The Balaban J connectivity index is 1.68. The lowest BCUT2D eigenvalue weighted by Gasteiger charge is -2.14. The molecule has 2 aromatic heterocycles. The maximum Gasteiger partial charge on any atom is 0.246 e. The Morgan fingerprint density at radius 1 is 1.35 bits per heavy atom. The fourth-order valence-corrected chi connectivity index (χ4v) is 2.64. The number of carbonyl (C=O) groups is 1. The summed E-state index contributed by atoms with van der Waals surface area (Å²) in [4.78, 5) is 17.9. The molecule has 3 rings (SSSR count). The van der Waals surface area contributed by atoms with Gasteiger partial charge in [-0.15, -0.1) is 0 Å². The van der Waals surface area contributed by atoms with E-state index in [4.69, 9.17) is 0 Å². The summed E-state index contributed by atoms with van der Waals surface area (Å²) in [7, 11) is 1.70. The van der Waals surface area contributed by atoms with Crippen LogP contribution in [0.2, 0.25) is 0 Å². The van der Waals surface area contributed by atoms with Gasteiger partial charge in [-0.1, -0.05) is 12.1 Å². The van der Waals surface area contributed by atoms with E-state index in [1.807, 2.05) is 18.2 Å². The van der Waals surface area contributed by atoms with Crippen LogP contribution in [0.4, 0.5) is 4.39 Å². The molecule has 0 saturated heterocycles. The molecule has 7 heteroatoms. The molecule has 0 N–H and O–H groups in total. The lowest BCUT2D eigenvalue weighted by Crippen LogP contribution is -2.24. The molecule has 0 fully saturated rings. The van der Waals surface area contributed by atoms with E-state index >= 15 is 0 Å². The number of pyridine rings is 1. The van der Waals surface area contributed by atoms with Crippen molar-refractivity contribution in [3.05, 3.63) is 82.6 Å². The van der Waals surface area contributed by atoms with Gasteiger partial charge in [-0.25, -0.2) is 9.07 Å². The van der Waals surface area contributed by atoms with Crippen LogP contribution in [0, 0.1) is 5.82 Å². The first-order chi connectivity index (χ1) is 12.5. The predicted octanol–water partition coefficient (Wildman–Crippen LogP) is 3.84. The van der Waals surface area contributed by atoms with E-state index < -0.39 is 5.82 Å². The zero-order valence-corrected chi connectivity index (χ0v) is 15.6. The number of aromatic nitrogens is 3. The number of carbonyl (C=O) groups excluding carboxylic acids is 1. The van der Waals surface area contributed by atoms with Gasteiger partial charge in [0, 0.05) is 25.5 Å². The summed E-state index contributed by atoms with van der Waals surface area (Å²) in [6.45, 7) is 0.408. The molecule has 0 unspecified atom stereocenters. The first-order valence-electron chi connectivity index (χ1n) is 7.86. The molecule has 0 spiro atoms. The van der Waals surface area contributed by atoms with Crippen molar-refractivity contribution in [2.45, 2.75) is 6.54 Å².